The molecule has 0 bridgehead atoms. The zero-order valence-electron chi connectivity index (χ0n) is 7.53. The Morgan fingerprint density at radius 2 is 2.00 bits per heavy atom. The molecule has 0 spiro atoms. The molecule has 0 unspecified atom stereocenters. The van der Waals surface area contributed by atoms with Crippen molar-refractivity contribution in [3.63, 3.8) is 0 Å². The van der Waals surface area contributed by atoms with Crippen molar-refractivity contribution in [2.24, 2.45) is 0 Å². The third kappa shape index (κ3) is 2.67. The smallest absolute Gasteiger partial charge is 0.166 e. The highest BCUT2D eigenvalue weighted by Gasteiger charge is 2.32. The second kappa shape index (κ2) is 4.26. The Kier molecular flexibility index (Phi) is 3.48. The van der Waals surface area contributed by atoms with Gasteiger partial charge >= 0.3 is 6.18 Å². The molecule has 0 atom stereocenters. The van der Waals surface area contributed by atoms with Crippen molar-refractivity contribution in [1.82, 2.24) is 0 Å². The molecule has 5 heteroatoms. The van der Waals surface area contributed by atoms with Gasteiger partial charge in [-0.15, -0.1) is 0 Å². The predicted octanol–water partition coefficient (Wildman–Crippen LogP) is 3.61. The summed E-state index contributed by atoms with van der Waals surface area (Å²) in [5.74, 6) is 0. The van der Waals surface area contributed by atoms with Crippen molar-refractivity contribution in [1.29, 1.82) is 0 Å². The Bertz CT molecular complexity index is 322. The van der Waals surface area contributed by atoms with Crippen LogP contribution in [-0.4, -0.2) is 7.28 Å². The number of benzene rings is 1. The second-order valence-electron chi connectivity index (χ2n) is 2.91. The van der Waals surface area contributed by atoms with Crippen LogP contribution in [0, 0.1) is 0 Å². The highest BCUT2D eigenvalue weighted by atomic mass is 35.5. The van der Waals surface area contributed by atoms with Gasteiger partial charge in [-0.25, -0.2) is 0 Å². The monoisotopic (exact) mass is 219 g/mol. The molecule has 14 heavy (non-hydrogen) atoms. The van der Waals surface area contributed by atoms with Gasteiger partial charge < -0.3 is 0 Å². The molecule has 0 aromatic heterocycles. The van der Waals surface area contributed by atoms with Crippen molar-refractivity contribution >= 4 is 18.9 Å². The minimum atomic E-state index is -4.30. The van der Waals surface area contributed by atoms with Crippen molar-refractivity contribution in [2.45, 2.75) is 19.3 Å². The molecule has 75 valence electrons. The van der Waals surface area contributed by atoms with Crippen molar-refractivity contribution < 1.29 is 13.2 Å². The molecule has 0 amide bonds. The average molecular weight is 219 g/mol. The second-order valence-corrected chi connectivity index (χ2v) is 3.35. The minimum Gasteiger partial charge on any atom is -0.166 e. The van der Waals surface area contributed by atoms with Crippen molar-refractivity contribution in [3.05, 3.63) is 34.3 Å². The van der Waals surface area contributed by atoms with Crippen LogP contribution in [0.5, 0.6) is 0 Å². The molecular formula is C9H8BClF3. The van der Waals surface area contributed by atoms with E-state index in [0.717, 1.165) is 6.07 Å². The number of halogens is 4. The number of hydrogen-bond donors (Lipinski definition) is 0. The lowest BCUT2D eigenvalue weighted by molar-refractivity contribution is -0.138. The third-order valence-corrected chi connectivity index (χ3v) is 2.03. The molecule has 1 aromatic carbocycles. The summed E-state index contributed by atoms with van der Waals surface area (Å²) in [6.07, 6.45) is -4.03. The third-order valence-electron chi connectivity index (χ3n) is 1.80. The first kappa shape index (κ1) is 11.4. The van der Waals surface area contributed by atoms with Gasteiger partial charge in [0.05, 0.1) is 5.56 Å². The summed E-state index contributed by atoms with van der Waals surface area (Å²) in [4.78, 5) is 0. The van der Waals surface area contributed by atoms with Gasteiger partial charge in [0, 0.05) is 5.02 Å². The Hall–Kier alpha value is -0.635. The zero-order valence-corrected chi connectivity index (χ0v) is 8.28. The number of hydrogen-bond acceptors (Lipinski definition) is 0. The van der Waals surface area contributed by atoms with Crippen LogP contribution in [-0.2, 0) is 12.5 Å². The van der Waals surface area contributed by atoms with E-state index in [2.05, 4.69) is 0 Å². The molecule has 0 aliphatic rings. The van der Waals surface area contributed by atoms with Gasteiger partial charge in [0.25, 0.3) is 0 Å². The van der Waals surface area contributed by atoms with Crippen LogP contribution in [0.4, 0.5) is 13.2 Å². The van der Waals surface area contributed by atoms with Gasteiger partial charge in [-0.2, -0.15) is 13.2 Å². The van der Waals surface area contributed by atoms with Crippen LogP contribution in [0.25, 0.3) is 0 Å². The normalized spacial score (nSPS) is 11.5. The van der Waals surface area contributed by atoms with Gasteiger partial charge in [-0.05, 0) is 23.8 Å². The maximum Gasteiger partial charge on any atom is 0.416 e. The van der Waals surface area contributed by atoms with Crippen molar-refractivity contribution in [2.75, 3.05) is 0 Å². The number of rotatable bonds is 2. The highest BCUT2D eigenvalue weighted by molar-refractivity contribution is 6.33. The zero-order chi connectivity index (χ0) is 10.8. The lowest BCUT2D eigenvalue weighted by Gasteiger charge is -2.12. The van der Waals surface area contributed by atoms with E-state index in [1.165, 1.54) is 12.1 Å². The van der Waals surface area contributed by atoms with Gasteiger partial charge in [0.2, 0.25) is 0 Å². The molecule has 1 rings (SSSR count). The molecule has 0 heterocycles. The lowest BCUT2D eigenvalue weighted by Crippen LogP contribution is -2.10. The molecule has 0 N–H and O–H groups in total. The van der Waals surface area contributed by atoms with E-state index >= 15 is 0 Å². The van der Waals surface area contributed by atoms with Crippen molar-refractivity contribution in [3.8, 4) is 0 Å². The van der Waals surface area contributed by atoms with Crippen LogP contribution in [0.2, 0.25) is 11.8 Å². The molecular weight excluding hydrogens is 211 g/mol. The summed E-state index contributed by atoms with van der Waals surface area (Å²) in [7, 11) is 1.67. The van der Waals surface area contributed by atoms with Crippen LogP contribution in [0.3, 0.4) is 0 Å². The Labute approximate surface area is 86.3 Å². The average Bonchev–Trinajstić information content (AvgIpc) is 2.02. The Morgan fingerprint density at radius 3 is 2.50 bits per heavy atom. The molecule has 1 radical (unpaired) electrons. The molecule has 0 aliphatic carbocycles. The van der Waals surface area contributed by atoms with Crippen LogP contribution in [0.1, 0.15) is 11.1 Å². The van der Waals surface area contributed by atoms with E-state index in [4.69, 9.17) is 11.6 Å². The fourth-order valence-electron chi connectivity index (χ4n) is 1.23. The first-order valence-electron chi connectivity index (χ1n) is 4.08. The summed E-state index contributed by atoms with van der Waals surface area (Å²) in [5.41, 5.74) is -0.396. The Morgan fingerprint density at radius 1 is 1.36 bits per heavy atom. The van der Waals surface area contributed by atoms with Crippen LogP contribution >= 0.6 is 11.6 Å². The van der Waals surface area contributed by atoms with E-state index in [1.807, 2.05) is 0 Å². The summed E-state index contributed by atoms with van der Waals surface area (Å²) < 4.78 is 37.3. The van der Waals surface area contributed by atoms with Gasteiger partial charge in [-0.1, -0.05) is 24.7 Å². The summed E-state index contributed by atoms with van der Waals surface area (Å²) in [5, 5.41) is 0.329. The quantitative estimate of drug-likeness (QED) is 0.667. The largest absolute Gasteiger partial charge is 0.416 e. The molecule has 0 nitrogen and oxygen atoms in total. The highest BCUT2D eigenvalue weighted by Crippen LogP contribution is 2.33. The van der Waals surface area contributed by atoms with E-state index in [9.17, 15) is 13.2 Å². The topological polar surface area (TPSA) is 0 Å². The fraction of sp³-hybridized carbons (Fsp3) is 0.333. The molecule has 1 aromatic rings. The summed E-state index contributed by atoms with van der Waals surface area (Å²) >= 11 is 5.62. The van der Waals surface area contributed by atoms with Gasteiger partial charge in [0.1, 0.15) is 7.28 Å². The van der Waals surface area contributed by atoms with Crippen LogP contribution in [0.15, 0.2) is 18.2 Å². The minimum absolute atomic E-state index is 0.215. The van der Waals surface area contributed by atoms with E-state index in [0.29, 0.717) is 5.02 Å². The van der Waals surface area contributed by atoms with Gasteiger partial charge in [0.15, 0.2) is 0 Å². The first-order chi connectivity index (χ1) is 6.45. The van der Waals surface area contributed by atoms with E-state index in [-0.39, 0.29) is 11.9 Å². The molecule has 0 aliphatic heterocycles. The lowest BCUT2D eigenvalue weighted by atomic mass is 9.74. The molecule has 0 saturated heterocycles. The van der Waals surface area contributed by atoms with E-state index < -0.39 is 11.7 Å². The summed E-state index contributed by atoms with van der Waals surface area (Å²) in [6.45, 7) is 1.71. The fourth-order valence-corrected chi connectivity index (χ4v) is 1.42. The summed E-state index contributed by atoms with van der Waals surface area (Å²) in [6, 6.07) is 3.62. The van der Waals surface area contributed by atoms with Gasteiger partial charge in [-0.3, -0.25) is 0 Å². The maximum atomic E-state index is 12.4. The van der Waals surface area contributed by atoms with E-state index in [1.54, 1.807) is 14.1 Å². The Balaban J connectivity index is 3.15. The first-order valence-corrected chi connectivity index (χ1v) is 4.46. The van der Waals surface area contributed by atoms with Crippen LogP contribution < -0.4 is 0 Å². The standard InChI is InChI=1S/C9H8BClF3/c1-10-5-6-4-7(11)2-3-8(6)9(12,13)14/h2-4H,5H2,1H3. The number of alkyl halides is 3. The predicted molar refractivity (Wildman–Crippen MR) is 51.8 cm³/mol. The molecule has 0 saturated carbocycles. The molecule has 0 fully saturated rings. The SMILES string of the molecule is C[B]Cc1cc(Cl)ccc1C(F)(F)F. The maximum absolute atomic E-state index is 12.4.